The summed E-state index contributed by atoms with van der Waals surface area (Å²) < 4.78 is 0. The molecule has 2 unspecified atom stereocenters. The first-order valence-electron chi connectivity index (χ1n) is 4.59. The Labute approximate surface area is 87.1 Å². The van der Waals surface area contributed by atoms with Crippen molar-refractivity contribution in [1.82, 2.24) is 10.3 Å². The summed E-state index contributed by atoms with van der Waals surface area (Å²) >= 11 is 3.78. The molecular formula is C9H14N2S2. The second-order valence-corrected chi connectivity index (χ2v) is 5.40. The van der Waals surface area contributed by atoms with Gasteiger partial charge < -0.3 is 5.32 Å². The minimum atomic E-state index is 0.420. The van der Waals surface area contributed by atoms with Gasteiger partial charge in [0.25, 0.3) is 0 Å². The largest absolute Gasteiger partial charge is 0.305 e. The van der Waals surface area contributed by atoms with Crippen LogP contribution in [0.15, 0.2) is 11.6 Å². The summed E-state index contributed by atoms with van der Waals surface area (Å²) in [6.45, 7) is 2.20. The van der Waals surface area contributed by atoms with Gasteiger partial charge in [0, 0.05) is 23.4 Å². The van der Waals surface area contributed by atoms with Crippen molar-refractivity contribution in [2.75, 3.05) is 11.5 Å². The molecule has 0 bridgehead atoms. The van der Waals surface area contributed by atoms with E-state index in [1.54, 1.807) is 11.3 Å². The average molecular weight is 214 g/mol. The Kier molecular flexibility index (Phi) is 3.24. The number of rotatable bonds is 3. The van der Waals surface area contributed by atoms with Crippen LogP contribution in [0.5, 0.6) is 0 Å². The van der Waals surface area contributed by atoms with E-state index >= 15 is 0 Å². The van der Waals surface area contributed by atoms with Crippen molar-refractivity contribution in [1.29, 1.82) is 0 Å². The lowest BCUT2D eigenvalue weighted by molar-refractivity contribution is 0.485. The number of hydrogen-bond acceptors (Lipinski definition) is 4. The molecule has 0 radical (unpaired) electrons. The molecule has 1 fully saturated rings. The fourth-order valence-corrected chi connectivity index (χ4v) is 3.36. The Morgan fingerprint density at radius 1 is 1.69 bits per heavy atom. The van der Waals surface area contributed by atoms with Crippen LogP contribution in [0.2, 0.25) is 0 Å². The molecule has 1 aromatic rings. The highest BCUT2D eigenvalue weighted by molar-refractivity contribution is 7.99. The van der Waals surface area contributed by atoms with E-state index < -0.39 is 0 Å². The Bertz CT molecular complexity index is 242. The summed E-state index contributed by atoms with van der Waals surface area (Å²) in [6.07, 6.45) is 3.18. The molecule has 0 saturated carbocycles. The molecule has 1 aliphatic rings. The van der Waals surface area contributed by atoms with Crippen molar-refractivity contribution in [3.05, 3.63) is 16.6 Å². The second-order valence-electron chi connectivity index (χ2n) is 3.32. The molecule has 2 atom stereocenters. The van der Waals surface area contributed by atoms with Crippen molar-refractivity contribution < 1.29 is 0 Å². The van der Waals surface area contributed by atoms with Gasteiger partial charge in [0.05, 0.1) is 6.04 Å². The minimum Gasteiger partial charge on any atom is -0.305 e. The lowest BCUT2D eigenvalue weighted by Gasteiger charge is -2.16. The van der Waals surface area contributed by atoms with Gasteiger partial charge in [-0.2, -0.15) is 11.8 Å². The van der Waals surface area contributed by atoms with Crippen molar-refractivity contribution in [3.8, 4) is 0 Å². The normalized spacial score (nSPS) is 24.8. The highest BCUT2D eigenvalue weighted by Gasteiger charge is 2.18. The molecule has 4 heteroatoms. The first-order chi connectivity index (χ1) is 6.36. The zero-order valence-corrected chi connectivity index (χ0v) is 9.33. The fourth-order valence-electron chi connectivity index (χ4n) is 1.54. The van der Waals surface area contributed by atoms with Gasteiger partial charge in [-0.3, -0.25) is 0 Å². The van der Waals surface area contributed by atoms with Gasteiger partial charge in [-0.25, -0.2) is 4.98 Å². The summed E-state index contributed by atoms with van der Waals surface area (Å²) in [6, 6.07) is 1.12. The van der Waals surface area contributed by atoms with E-state index in [1.807, 2.05) is 23.3 Å². The molecule has 0 aliphatic carbocycles. The van der Waals surface area contributed by atoms with Crippen LogP contribution in [0.25, 0.3) is 0 Å². The van der Waals surface area contributed by atoms with E-state index in [2.05, 4.69) is 17.2 Å². The Hall–Kier alpha value is -0.0600. The van der Waals surface area contributed by atoms with Crippen molar-refractivity contribution in [3.63, 3.8) is 0 Å². The van der Waals surface area contributed by atoms with Crippen LogP contribution >= 0.6 is 23.1 Å². The number of thioether (sulfide) groups is 1. The van der Waals surface area contributed by atoms with Crippen molar-refractivity contribution in [2.45, 2.75) is 25.4 Å². The standard InChI is InChI=1S/C9H14N2S2/c1-7(9-10-3-5-13-9)11-8-2-4-12-6-8/h3,5,7-8,11H,2,4,6H2,1H3. The van der Waals surface area contributed by atoms with Crippen LogP contribution in [0.3, 0.4) is 0 Å². The minimum absolute atomic E-state index is 0.420. The van der Waals surface area contributed by atoms with Gasteiger partial charge >= 0.3 is 0 Å². The van der Waals surface area contributed by atoms with Gasteiger partial charge in [0.15, 0.2) is 0 Å². The highest BCUT2D eigenvalue weighted by Crippen LogP contribution is 2.21. The van der Waals surface area contributed by atoms with Gasteiger partial charge in [-0.05, 0) is 19.1 Å². The third-order valence-electron chi connectivity index (χ3n) is 2.24. The predicted octanol–water partition coefficient (Wildman–Crippen LogP) is 2.30. The van der Waals surface area contributed by atoms with Crippen LogP contribution in [0.1, 0.15) is 24.4 Å². The third-order valence-corrected chi connectivity index (χ3v) is 4.36. The number of hydrogen-bond donors (Lipinski definition) is 1. The SMILES string of the molecule is CC(NC1CCSC1)c1nccs1. The maximum Gasteiger partial charge on any atom is 0.109 e. The molecule has 2 heterocycles. The van der Waals surface area contributed by atoms with E-state index in [-0.39, 0.29) is 0 Å². The monoisotopic (exact) mass is 214 g/mol. The Balaban J connectivity index is 1.87. The molecule has 72 valence electrons. The Morgan fingerprint density at radius 2 is 2.62 bits per heavy atom. The van der Waals surface area contributed by atoms with Crippen LogP contribution in [0.4, 0.5) is 0 Å². The average Bonchev–Trinajstić information content (AvgIpc) is 2.74. The topological polar surface area (TPSA) is 24.9 Å². The van der Waals surface area contributed by atoms with Gasteiger partial charge in [-0.1, -0.05) is 0 Å². The first kappa shape index (κ1) is 9.49. The molecule has 1 aromatic heterocycles. The lowest BCUT2D eigenvalue weighted by atomic mass is 10.2. The van der Waals surface area contributed by atoms with Crippen molar-refractivity contribution >= 4 is 23.1 Å². The molecule has 1 aliphatic heterocycles. The molecule has 1 N–H and O–H groups in total. The zero-order chi connectivity index (χ0) is 9.10. The van der Waals surface area contributed by atoms with Crippen LogP contribution < -0.4 is 5.32 Å². The molecular weight excluding hydrogens is 200 g/mol. The maximum absolute atomic E-state index is 4.31. The summed E-state index contributed by atoms with van der Waals surface area (Å²) in [5, 5.41) is 6.85. The number of nitrogens with zero attached hydrogens (tertiary/aromatic N) is 1. The number of thiazole rings is 1. The van der Waals surface area contributed by atoms with E-state index in [9.17, 15) is 0 Å². The molecule has 0 amide bonds. The van der Waals surface area contributed by atoms with Gasteiger partial charge in [0.2, 0.25) is 0 Å². The van der Waals surface area contributed by atoms with Crippen LogP contribution in [-0.2, 0) is 0 Å². The van der Waals surface area contributed by atoms with E-state index in [0.29, 0.717) is 12.1 Å². The molecule has 1 saturated heterocycles. The van der Waals surface area contributed by atoms with Crippen molar-refractivity contribution in [2.24, 2.45) is 0 Å². The molecule has 13 heavy (non-hydrogen) atoms. The molecule has 0 aromatic carbocycles. The first-order valence-corrected chi connectivity index (χ1v) is 6.63. The predicted molar refractivity (Wildman–Crippen MR) is 59.4 cm³/mol. The fraction of sp³-hybridized carbons (Fsp3) is 0.667. The quantitative estimate of drug-likeness (QED) is 0.835. The second kappa shape index (κ2) is 4.44. The third kappa shape index (κ3) is 2.45. The summed E-state index contributed by atoms with van der Waals surface area (Å²) in [4.78, 5) is 4.31. The molecule has 2 nitrogen and oxygen atoms in total. The number of aromatic nitrogens is 1. The summed E-state index contributed by atoms with van der Waals surface area (Å²) in [5.74, 6) is 2.57. The Morgan fingerprint density at radius 3 is 3.23 bits per heavy atom. The molecule has 2 rings (SSSR count). The summed E-state index contributed by atoms with van der Waals surface area (Å²) in [7, 11) is 0. The number of nitrogens with one attached hydrogen (secondary N) is 1. The highest BCUT2D eigenvalue weighted by atomic mass is 32.2. The van der Waals surface area contributed by atoms with Crippen LogP contribution in [0, 0.1) is 0 Å². The van der Waals surface area contributed by atoms with E-state index in [0.717, 1.165) is 0 Å². The maximum atomic E-state index is 4.31. The zero-order valence-electron chi connectivity index (χ0n) is 7.69. The summed E-state index contributed by atoms with van der Waals surface area (Å²) in [5.41, 5.74) is 0. The van der Waals surface area contributed by atoms with Crippen LogP contribution in [-0.4, -0.2) is 22.5 Å². The lowest BCUT2D eigenvalue weighted by Crippen LogP contribution is -2.31. The smallest absolute Gasteiger partial charge is 0.109 e. The van der Waals surface area contributed by atoms with Gasteiger partial charge in [0.1, 0.15) is 5.01 Å². The van der Waals surface area contributed by atoms with Gasteiger partial charge in [-0.15, -0.1) is 11.3 Å². The molecule has 0 spiro atoms. The van der Waals surface area contributed by atoms with E-state index in [4.69, 9.17) is 0 Å². The van der Waals surface area contributed by atoms with E-state index in [1.165, 1.54) is 22.9 Å².